The number of anilines is 1. The van der Waals surface area contributed by atoms with Crippen molar-refractivity contribution in [1.29, 1.82) is 0 Å². The maximum atomic E-state index is 14.5. The number of halogens is 6. The zero-order valence-electron chi connectivity index (χ0n) is 18.0. The molecule has 0 aliphatic carbocycles. The Morgan fingerprint density at radius 1 is 1.18 bits per heavy atom. The first-order chi connectivity index (χ1) is 15.7. The molecule has 3 N–H and O–H groups in total. The first kappa shape index (κ1) is 25.3. The normalized spacial score (nSPS) is 24.7. The number of hydrogen-bond donors (Lipinski definition) is 2. The lowest BCUT2D eigenvalue weighted by Gasteiger charge is -2.32. The predicted octanol–water partition coefficient (Wildman–Crippen LogP) is 3.68. The van der Waals surface area contributed by atoms with E-state index in [1.54, 1.807) is 0 Å². The van der Waals surface area contributed by atoms with Gasteiger partial charge in [-0.3, -0.25) is 9.59 Å². The number of benzene rings is 1. The zero-order chi connectivity index (χ0) is 25.6. The number of alkyl halides is 3. The van der Waals surface area contributed by atoms with Crippen LogP contribution in [0.25, 0.3) is 0 Å². The van der Waals surface area contributed by atoms with Crippen LogP contribution in [0.5, 0.6) is 5.75 Å². The van der Waals surface area contributed by atoms with Crippen molar-refractivity contribution in [1.82, 2.24) is 4.98 Å². The highest BCUT2D eigenvalue weighted by Gasteiger charge is 2.66. The number of rotatable bonds is 5. The molecule has 0 unspecified atom stereocenters. The fourth-order valence-corrected chi connectivity index (χ4v) is 3.96. The minimum absolute atomic E-state index is 0.255. The Hall–Kier alpha value is -3.35. The first-order valence-corrected chi connectivity index (χ1v) is 9.76. The molecule has 1 aromatic heterocycles. The highest BCUT2D eigenvalue weighted by molar-refractivity contribution is 5.97. The van der Waals surface area contributed by atoms with Crippen molar-refractivity contribution in [3.8, 4) is 5.75 Å². The van der Waals surface area contributed by atoms with Gasteiger partial charge in [-0.05, 0) is 19.1 Å². The van der Waals surface area contributed by atoms with Gasteiger partial charge in [0.05, 0.1) is 12.8 Å². The van der Waals surface area contributed by atoms with Crippen LogP contribution in [0.3, 0.4) is 0 Å². The molecule has 7 nitrogen and oxygen atoms in total. The number of amides is 2. The number of hydrogen-bond acceptors (Lipinski definition) is 5. The monoisotopic (exact) mass is 491 g/mol. The average Bonchev–Trinajstić information content (AvgIpc) is 3.03. The number of ether oxygens (including phenoxy) is 2. The van der Waals surface area contributed by atoms with E-state index in [-0.39, 0.29) is 5.56 Å². The van der Waals surface area contributed by atoms with Gasteiger partial charge in [0, 0.05) is 23.6 Å². The van der Waals surface area contributed by atoms with E-state index in [2.05, 4.69) is 10.3 Å². The Kier molecular flexibility index (Phi) is 6.53. The number of methoxy groups -OCH3 is 1. The van der Waals surface area contributed by atoms with E-state index in [9.17, 15) is 35.9 Å². The summed E-state index contributed by atoms with van der Waals surface area (Å²) in [7, 11) is 0.984. The van der Waals surface area contributed by atoms with E-state index in [4.69, 9.17) is 15.2 Å². The van der Waals surface area contributed by atoms with Crippen LogP contribution >= 0.6 is 0 Å². The van der Waals surface area contributed by atoms with Gasteiger partial charge in [-0.25, -0.2) is 13.8 Å². The third-order valence-corrected chi connectivity index (χ3v) is 5.95. The third kappa shape index (κ3) is 4.04. The van der Waals surface area contributed by atoms with Crippen LogP contribution in [-0.4, -0.2) is 41.8 Å². The second-order valence-corrected chi connectivity index (χ2v) is 7.82. The molecule has 13 heteroatoms. The first-order valence-electron chi connectivity index (χ1n) is 9.76. The van der Waals surface area contributed by atoms with E-state index >= 15 is 0 Å². The molecule has 0 bridgehead atoms. The molecule has 4 atom stereocenters. The molecule has 0 radical (unpaired) electrons. The van der Waals surface area contributed by atoms with Crippen molar-refractivity contribution < 1.29 is 45.4 Å². The minimum atomic E-state index is -4.97. The standard InChI is InChI=1S/C21H19F6N3O4/c1-8-12(9-4-5-10(22)13(23)16(9)33-3)17(34-20(8,2)21(25,26)27)19(32)30-11-6-7-29-15(14(11)24)18(28)31/h4-8,12,17H,1-3H3,(H2,28,31)(H,29,30,32)/t8-,12+,17+,20-/m0/s1. The number of carbonyl (C=O) groups excluding carboxylic acids is 2. The van der Waals surface area contributed by atoms with Gasteiger partial charge in [-0.2, -0.15) is 17.6 Å². The number of pyridine rings is 1. The Morgan fingerprint density at radius 3 is 2.38 bits per heavy atom. The molecular weight excluding hydrogens is 472 g/mol. The van der Waals surface area contributed by atoms with Gasteiger partial charge in [0.2, 0.25) is 5.82 Å². The molecule has 2 aromatic rings. The van der Waals surface area contributed by atoms with Crippen molar-refractivity contribution in [2.24, 2.45) is 11.7 Å². The molecular formula is C21H19F6N3O4. The van der Waals surface area contributed by atoms with Crippen LogP contribution in [0.15, 0.2) is 24.4 Å². The van der Waals surface area contributed by atoms with E-state index < -0.39 is 76.1 Å². The van der Waals surface area contributed by atoms with Gasteiger partial charge < -0.3 is 20.5 Å². The summed E-state index contributed by atoms with van der Waals surface area (Å²) in [6, 6.07) is 2.62. The Labute approximate surface area is 189 Å². The summed E-state index contributed by atoms with van der Waals surface area (Å²) >= 11 is 0. The molecule has 0 saturated carbocycles. The van der Waals surface area contributed by atoms with E-state index in [0.29, 0.717) is 13.0 Å². The van der Waals surface area contributed by atoms with Gasteiger partial charge in [-0.1, -0.05) is 13.0 Å². The molecule has 1 aromatic carbocycles. The molecule has 1 aliphatic rings. The van der Waals surface area contributed by atoms with Crippen molar-refractivity contribution in [3.63, 3.8) is 0 Å². The highest BCUT2D eigenvalue weighted by atomic mass is 19.4. The van der Waals surface area contributed by atoms with Crippen molar-refractivity contribution >= 4 is 17.5 Å². The number of nitrogens with zero attached hydrogens (tertiary/aromatic N) is 1. The molecule has 3 rings (SSSR count). The van der Waals surface area contributed by atoms with Crippen LogP contribution < -0.4 is 15.8 Å². The summed E-state index contributed by atoms with van der Waals surface area (Å²) in [5.41, 5.74) is 0.468. The molecule has 0 spiro atoms. The molecule has 34 heavy (non-hydrogen) atoms. The van der Waals surface area contributed by atoms with Gasteiger partial charge in [0.15, 0.2) is 28.7 Å². The van der Waals surface area contributed by atoms with Crippen LogP contribution in [0, 0.1) is 23.4 Å². The number of nitrogens with one attached hydrogen (secondary N) is 1. The molecule has 1 fully saturated rings. The summed E-state index contributed by atoms with van der Waals surface area (Å²) in [6.07, 6.45) is -5.95. The SMILES string of the molecule is COc1c([C@@H]2[C@H](C(=O)Nc3ccnc(C(N)=O)c3F)O[C@](C)(C(F)(F)F)[C@H]2C)ccc(F)c1F. The zero-order valence-corrected chi connectivity index (χ0v) is 18.0. The van der Waals surface area contributed by atoms with Crippen LogP contribution in [0.2, 0.25) is 0 Å². The Bertz CT molecular complexity index is 1140. The maximum absolute atomic E-state index is 14.5. The average molecular weight is 491 g/mol. The van der Waals surface area contributed by atoms with Gasteiger partial charge in [0.25, 0.3) is 11.8 Å². The fourth-order valence-electron chi connectivity index (χ4n) is 3.96. The molecule has 1 saturated heterocycles. The molecule has 2 heterocycles. The second kappa shape index (κ2) is 8.78. The van der Waals surface area contributed by atoms with Gasteiger partial charge in [-0.15, -0.1) is 0 Å². The molecule has 1 aliphatic heterocycles. The Balaban J connectivity index is 2.11. The second-order valence-electron chi connectivity index (χ2n) is 7.82. The Morgan fingerprint density at radius 2 is 1.82 bits per heavy atom. The van der Waals surface area contributed by atoms with Crippen molar-refractivity contribution in [2.45, 2.75) is 37.6 Å². The lowest BCUT2D eigenvalue weighted by Crippen LogP contribution is -2.47. The van der Waals surface area contributed by atoms with E-state index in [0.717, 1.165) is 32.4 Å². The topological polar surface area (TPSA) is 104 Å². The fraction of sp³-hybridized carbons (Fsp3) is 0.381. The van der Waals surface area contributed by atoms with E-state index in [1.807, 2.05) is 0 Å². The van der Waals surface area contributed by atoms with Crippen molar-refractivity contribution in [2.75, 3.05) is 12.4 Å². The summed E-state index contributed by atoms with van der Waals surface area (Å²) in [5, 5.41) is 2.06. The number of aromatic nitrogens is 1. The summed E-state index contributed by atoms with van der Waals surface area (Å²) < 4.78 is 94.5. The summed E-state index contributed by atoms with van der Waals surface area (Å²) in [5.74, 6) is -10.2. The number of nitrogens with two attached hydrogens (primary N) is 1. The number of carbonyl (C=O) groups is 2. The van der Waals surface area contributed by atoms with Gasteiger partial charge >= 0.3 is 6.18 Å². The largest absolute Gasteiger partial charge is 0.493 e. The van der Waals surface area contributed by atoms with Gasteiger partial charge in [0.1, 0.15) is 6.10 Å². The smallest absolute Gasteiger partial charge is 0.417 e. The molecule has 184 valence electrons. The van der Waals surface area contributed by atoms with Crippen LogP contribution in [0.4, 0.5) is 32.0 Å². The summed E-state index contributed by atoms with van der Waals surface area (Å²) in [4.78, 5) is 27.8. The van der Waals surface area contributed by atoms with Crippen LogP contribution in [-0.2, 0) is 9.53 Å². The highest BCUT2D eigenvalue weighted by Crippen LogP contribution is 2.55. The lowest BCUT2D eigenvalue weighted by molar-refractivity contribution is -0.272. The molecule has 2 amide bonds. The van der Waals surface area contributed by atoms with Crippen molar-refractivity contribution in [3.05, 3.63) is 53.1 Å². The van der Waals surface area contributed by atoms with Crippen LogP contribution in [0.1, 0.15) is 35.8 Å². The lowest BCUT2D eigenvalue weighted by atomic mass is 9.77. The minimum Gasteiger partial charge on any atom is -0.493 e. The quantitative estimate of drug-likeness (QED) is 0.622. The predicted molar refractivity (Wildman–Crippen MR) is 105 cm³/mol. The van der Waals surface area contributed by atoms with E-state index in [1.165, 1.54) is 0 Å². The maximum Gasteiger partial charge on any atom is 0.417 e. The summed E-state index contributed by atoms with van der Waals surface area (Å²) in [6.45, 7) is 1.84. The third-order valence-electron chi connectivity index (χ3n) is 5.95. The number of primary amides is 1.